The Morgan fingerprint density at radius 1 is 1.02 bits per heavy atom. The van der Waals surface area contributed by atoms with E-state index in [-0.39, 0.29) is 42.3 Å². The van der Waals surface area contributed by atoms with Crippen LogP contribution >= 0.6 is 0 Å². The molecule has 4 amide bonds. The number of hydrogen-bond donors (Lipinski definition) is 3. The number of piperazine rings is 1. The predicted molar refractivity (Wildman–Crippen MR) is 174 cm³/mol. The van der Waals surface area contributed by atoms with Crippen molar-refractivity contribution in [2.24, 2.45) is 11.8 Å². The maximum absolute atomic E-state index is 14.6. The molecule has 0 aromatic heterocycles. The number of carboxylic acid groups (broad SMARTS) is 1. The molecule has 5 atom stereocenters. The predicted octanol–water partition coefficient (Wildman–Crippen LogP) is 4.17. The topological polar surface area (TPSA) is 132 Å². The minimum atomic E-state index is -1.02. The molecule has 0 unspecified atom stereocenters. The standard InChI is InChI=1S/C35H53N5O6/c1-23(16-19-40(34(44)45)35(2,3)4)31(41)37-30(24-11-6-5-7-12-24)33(43)39-21-25-13-10-18-38(25)22-28(39)32(42)36-27-17-20-46-29-15-9-8-14-26(27)29/h8-9,14-15,23-25,27-28,30H,5-7,10-13,16-22H2,1-4H3,(H,36,42)(H,37,41)(H,44,45)/t23-,25+,27+,28-,30-/m0/s1. The molecule has 3 aliphatic heterocycles. The second-order valence-corrected chi connectivity index (χ2v) is 14.7. The second kappa shape index (κ2) is 14.6. The number of para-hydroxylation sites is 1. The Bertz CT molecular complexity index is 1260. The van der Waals surface area contributed by atoms with E-state index >= 15 is 0 Å². The molecule has 2 saturated heterocycles. The summed E-state index contributed by atoms with van der Waals surface area (Å²) < 4.78 is 5.81. The van der Waals surface area contributed by atoms with Crippen LogP contribution in [0.3, 0.4) is 0 Å². The molecule has 3 fully saturated rings. The van der Waals surface area contributed by atoms with Crippen molar-refractivity contribution in [3.63, 3.8) is 0 Å². The maximum Gasteiger partial charge on any atom is 0.407 e. The van der Waals surface area contributed by atoms with Crippen molar-refractivity contribution >= 4 is 23.8 Å². The van der Waals surface area contributed by atoms with Gasteiger partial charge in [0.2, 0.25) is 17.7 Å². The van der Waals surface area contributed by atoms with Crippen molar-refractivity contribution < 1.29 is 29.0 Å². The van der Waals surface area contributed by atoms with E-state index in [1.54, 1.807) is 11.8 Å². The summed E-state index contributed by atoms with van der Waals surface area (Å²) in [6, 6.07) is 6.39. The van der Waals surface area contributed by atoms with Gasteiger partial charge in [0.05, 0.1) is 12.6 Å². The third kappa shape index (κ3) is 7.78. The highest BCUT2D eigenvalue weighted by molar-refractivity contribution is 5.93. The van der Waals surface area contributed by atoms with E-state index in [0.29, 0.717) is 32.5 Å². The van der Waals surface area contributed by atoms with Crippen LogP contribution < -0.4 is 15.4 Å². The number of fused-ring (bicyclic) bond motifs is 2. The summed E-state index contributed by atoms with van der Waals surface area (Å²) in [5, 5.41) is 16.1. The van der Waals surface area contributed by atoms with Crippen molar-refractivity contribution in [3.05, 3.63) is 29.8 Å². The molecule has 11 nitrogen and oxygen atoms in total. The van der Waals surface area contributed by atoms with Gasteiger partial charge in [-0.05, 0) is 71.4 Å². The Labute approximate surface area is 273 Å². The van der Waals surface area contributed by atoms with Gasteiger partial charge in [0.15, 0.2) is 0 Å². The number of rotatable bonds is 9. The zero-order chi connectivity index (χ0) is 33.0. The van der Waals surface area contributed by atoms with Crippen LogP contribution in [0.5, 0.6) is 5.75 Å². The number of carbonyl (C=O) groups excluding carboxylic acids is 3. The molecule has 4 aliphatic rings. The highest BCUT2D eigenvalue weighted by atomic mass is 16.5. The SMILES string of the molecule is C[C@@H](CCN(C(=O)O)C(C)(C)C)C(=O)N[C@H](C(=O)N1C[C@H]2CCCN2C[C@H]1C(=O)N[C@@H]1CCOc2ccccc21)C1CCCCC1. The van der Waals surface area contributed by atoms with Crippen molar-refractivity contribution in [1.82, 2.24) is 25.3 Å². The van der Waals surface area contributed by atoms with E-state index in [0.717, 1.165) is 62.8 Å². The van der Waals surface area contributed by atoms with E-state index in [9.17, 15) is 24.3 Å². The van der Waals surface area contributed by atoms with Crippen LogP contribution in [0.4, 0.5) is 4.79 Å². The first kappa shape index (κ1) is 34.0. The highest BCUT2D eigenvalue weighted by Gasteiger charge is 2.46. The molecule has 1 aliphatic carbocycles. The molecular weight excluding hydrogens is 586 g/mol. The first-order chi connectivity index (χ1) is 21.9. The molecule has 0 radical (unpaired) electrons. The van der Waals surface area contributed by atoms with E-state index in [2.05, 4.69) is 15.5 Å². The molecular formula is C35H53N5O6. The maximum atomic E-state index is 14.6. The fraction of sp³-hybridized carbons (Fsp3) is 0.714. The van der Waals surface area contributed by atoms with Crippen molar-refractivity contribution in [2.75, 3.05) is 32.8 Å². The number of nitrogens with one attached hydrogen (secondary N) is 2. The van der Waals surface area contributed by atoms with Crippen LogP contribution in [0.2, 0.25) is 0 Å². The van der Waals surface area contributed by atoms with Gasteiger partial charge in [0.1, 0.15) is 17.8 Å². The number of hydrogen-bond acceptors (Lipinski definition) is 6. The Balaban J connectivity index is 1.34. The largest absolute Gasteiger partial charge is 0.493 e. The molecule has 1 aromatic carbocycles. The fourth-order valence-electron chi connectivity index (χ4n) is 7.74. The van der Waals surface area contributed by atoms with E-state index in [1.165, 1.54) is 4.90 Å². The van der Waals surface area contributed by atoms with Crippen LogP contribution in [0, 0.1) is 11.8 Å². The molecule has 3 heterocycles. The van der Waals surface area contributed by atoms with Crippen LogP contribution in [0.15, 0.2) is 24.3 Å². The molecule has 1 saturated carbocycles. The van der Waals surface area contributed by atoms with Crippen LogP contribution in [0.25, 0.3) is 0 Å². The lowest BCUT2D eigenvalue weighted by Crippen LogP contribution is -2.66. The van der Waals surface area contributed by atoms with Crippen molar-refractivity contribution in [3.8, 4) is 5.75 Å². The van der Waals surface area contributed by atoms with E-state index in [4.69, 9.17) is 4.74 Å². The number of nitrogens with zero attached hydrogens (tertiary/aromatic N) is 3. The average molecular weight is 640 g/mol. The molecule has 254 valence electrons. The van der Waals surface area contributed by atoms with Crippen LogP contribution in [-0.4, -0.2) is 100 Å². The van der Waals surface area contributed by atoms with Gasteiger partial charge in [-0.2, -0.15) is 0 Å². The molecule has 11 heteroatoms. The Morgan fingerprint density at radius 3 is 2.48 bits per heavy atom. The number of amides is 4. The molecule has 1 aromatic rings. The van der Waals surface area contributed by atoms with Gasteiger partial charge in [-0.25, -0.2) is 4.79 Å². The van der Waals surface area contributed by atoms with Gasteiger partial charge in [0.25, 0.3) is 0 Å². The van der Waals surface area contributed by atoms with Gasteiger partial charge in [-0.3, -0.25) is 19.3 Å². The zero-order valence-corrected chi connectivity index (χ0v) is 28.0. The summed E-state index contributed by atoms with van der Waals surface area (Å²) in [5.41, 5.74) is 0.358. The summed E-state index contributed by atoms with van der Waals surface area (Å²) in [7, 11) is 0. The summed E-state index contributed by atoms with van der Waals surface area (Å²) in [6.45, 7) is 9.89. The van der Waals surface area contributed by atoms with E-state index in [1.807, 2.05) is 45.0 Å². The average Bonchev–Trinajstić information content (AvgIpc) is 3.50. The van der Waals surface area contributed by atoms with Crippen LogP contribution in [-0.2, 0) is 14.4 Å². The van der Waals surface area contributed by atoms with Crippen molar-refractivity contribution in [2.45, 2.75) is 115 Å². The summed E-state index contributed by atoms with van der Waals surface area (Å²) >= 11 is 0. The van der Waals surface area contributed by atoms with Crippen molar-refractivity contribution in [1.29, 1.82) is 0 Å². The van der Waals surface area contributed by atoms with Gasteiger partial charge in [-0.15, -0.1) is 0 Å². The minimum absolute atomic E-state index is 0.00446. The summed E-state index contributed by atoms with van der Waals surface area (Å²) in [6.07, 6.45) is 6.82. The number of ether oxygens (including phenoxy) is 1. The quantitative estimate of drug-likeness (QED) is 0.370. The summed E-state index contributed by atoms with van der Waals surface area (Å²) in [4.78, 5) is 59.7. The lowest BCUT2D eigenvalue weighted by atomic mass is 9.82. The smallest absolute Gasteiger partial charge is 0.407 e. The Hall–Kier alpha value is -3.34. The second-order valence-electron chi connectivity index (χ2n) is 14.7. The first-order valence-corrected chi connectivity index (χ1v) is 17.3. The minimum Gasteiger partial charge on any atom is -0.493 e. The molecule has 3 N–H and O–H groups in total. The normalized spacial score (nSPS) is 25.0. The summed E-state index contributed by atoms with van der Waals surface area (Å²) in [5.74, 6) is -0.301. The number of carbonyl (C=O) groups is 4. The zero-order valence-electron chi connectivity index (χ0n) is 28.0. The third-order valence-corrected chi connectivity index (χ3v) is 10.5. The monoisotopic (exact) mass is 639 g/mol. The highest BCUT2D eigenvalue weighted by Crippen LogP contribution is 2.34. The van der Waals surface area contributed by atoms with Gasteiger partial charge in [-0.1, -0.05) is 44.4 Å². The van der Waals surface area contributed by atoms with Gasteiger partial charge in [0, 0.05) is 49.1 Å². The number of benzene rings is 1. The molecule has 0 spiro atoms. The van der Waals surface area contributed by atoms with Gasteiger partial charge >= 0.3 is 6.09 Å². The molecule has 46 heavy (non-hydrogen) atoms. The third-order valence-electron chi connectivity index (χ3n) is 10.5. The molecule has 0 bridgehead atoms. The lowest BCUT2D eigenvalue weighted by Gasteiger charge is -2.45. The molecule has 5 rings (SSSR count). The Kier molecular flexibility index (Phi) is 10.8. The first-order valence-electron chi connectivity index (χ1n) is 17.3. The van der Waals surface area contributed by atoms with E-state index < -0.39 is 29.6 Å². The lowest BCUT2D eigenvalue weighted by molar-refractivity contribution is -0.150. The Morgan fingerprint density at radius 2 is 1.76 bits per heavy atom. The fourth-order valence-corrected chi connectivity index (χ4v) is 7.74. The van der Waals surface area contributed by atoms with Gasteiger partial charge < -0.3 is 30.3 Å². The van der Waals surface area contributed by atoms with Crippen LogP contribution in [0.1, 0.15) is 97.1 Å².